The van der Waals surface area contributed by atoms with Gasteiger partial charge in [-0.2, -0.15) is 0 Å². The molecule has 56 valence electrons. The Morgan fingerprint density at radius 3 is 1.70 bits per heavy atom. The second-order valence-electron chi connectivity index (χ2n) is 2.38. The third kappa shape index (κ3) is 2.76. The summed E-state index contributed by atoms with van der Waals surface area (Å²) in [5, 5.41) is 1.95. The first-order valence-electron chi connectivity index (χ1n) is 3.48. The van der Waals surface area contributed by atoms with Gasteiger partial charge in [-0.05, 0) is 25.7 Å². The maximum Gasteiger partial charge on any atom is 0.0144 e. The molecule has 0 aromatic rings. The molecule has 0 N–H and O–H groups in total. The molecule has 0 heterocycles. The maximum atomic E-state index is 5.83. The average Bonchev–Trinajstić information content (AvgIpc) is 1.84. The van der Waals surface area contributed by atoms with E-state index in [-0.39, 0.29) is 0 Å². The number of allylic oxidation sites excluding steroid dienone is 4. The van der Waals surface area contributed by atoms with Gasteiger partial charge in [-0.3, -0.25) is 0 Å². The van der Waals surface area contributed by atoms with E-state index < -0.39 is 0 Å². The second kappa shape index (κ2) is 4.05. The molecule has 10 heavy (non-hydrogen) atoms. The summed E-state index contributed by atoms with van der Waals surface area (Å²) in [6.07, 6.45) is 7.95. The third-order valence-electron chi connectivity index (χ3n) is 1.50. The van der Waals surface area contributed by atoms with Crippen LogP contribution in [-0.4, -0.2) is 0 Å². The molecule has 0 unspecified atom stereocenters. The first-order valence-corrected chi connectivity index (χ1v) is 4.23. The van der Waals surface area contributed by atoms with E-state index in [9.17, 15) is 0 Å². The monoisotopic (exact) mass is 176 g/mol. The molecule has 0 amide bonds. The van der Waals surface area contributed by atoms with Gasteiger partial charge in [0.25, 0.3) is 0 Å². The van der Waals surface area contributed by atoms with Crippen molar-refractivity contribution >= 4 is 23.2 Å². The van der Waals surface area contributed by atoms with Gasteiger partial charge in [0, 0.05) is 10.1 Å². The van der Waals surface area contributed by atoms with Crippen LogP contribution in [0.1, 0.15) is 25.7 Å². The highest BCUT2D eigenvalue weighted by Crippen LogP contribution is 2.20. The minimum Gasteiger partial charge on any atom is -0.0895 e. The summed E-state index contributed by atoms with van der Waals surface area (Å²) in [6, 6.07) is 0. The zero-order valence-corrected chi connectivity index (χ0v) is 7.25. The van der Waals surface area contributed by atoms with Crippen molar-refractivity contribution < 1.29 is 0 Å². The third-order valence-corrected chi connectivity index (χ3v) is 2.18. The van der Waals surface area contributed by atoms with Crippen LogP contribution >= 0.6 is 23.2 Å². The summed E-state index contributed by atoms with van der Waals surface area (Å²) in [5.74, 6) is 0. The highest BCUT2D eigenvalue weighted by Gasteiger charge is 1.98. The Morgan fingerprint density at radius 2 is 1.30 bits per heavy atom. The molecule has 0 aromatic heterocycles. The quantitative estimate of drug-likeness (QED) is 0.527. The number of rotatable bonds is 0. The molecule has 1 aliphatic rings. The molecule has 2 heteroatoms. The second-order valence-corrected chi connectivity index (χ2v) is 3.35. The molecule has 0 fully saturated rings. The molecule has 0 spiro atoms. The van der Waals surface area contributed by atoms with Gasteiger partial charge < -0.3 is 0 Å². The van der Waals surface area contributed by atoms with Crippen LogP contribution in [0.25, 0.3) is 0 Å². The van der Waals surface area contributed by atoms with Crippen LogP contribution < -0.4 is 0 Å². The molecule has 0 nitrogen and oxygen atoms in total. The molecular weight excluding hydrogens is 167 g/mol. The Labute approximate surface area is 71.5 Å². The van der Waals surface area contributed by atoms with Gasteiger partial charge in [-0.25, -0.2) is 0 Å². The Morgan fingerprint density at radius 1 is 0.900 bits per heavy atom. The van der Waals surface area contributed by atoms with Crippen molar-refractivity contribution in [2.45, 2.75) is 25.7 Å². The number of hydrogen-bond donors (Lipinski definition) is 0. The van der Waals surface area contributed by atoms with Crippen molar-refractivity contribution in [2.24, 2.45) is 0 Å². The van der Waals surface area contributed by atoms with E-state index in [1.165, 1.54) is 0 Å². The van der Waals surface area contributed by atoms with Gasteiger partial charge in [0.15, 0.2) is 0 Å². The smallest absolute Gasteiger partial charge is 0.0144 e. The molecule has 0 aromatic carbocycles. The fourth-order valence-electron chi connectivity index (χ4n) is 0.937. The summed E-state index contributed by atoms with van der Waals surface area (Å²) < 4.78 is 0. The highest BCUT2D eigenvalue weighted by molar-refractivity contribution is 6.30. The van der Waals surface area contributed by atoms with E-state index >= 15 is 0 Å². The molecule has 1 aliphatic carbocycles. The fraction of sp³-hybridized carbons (Fsp3) is 0.500. The molecule has 0 radical (unpaired) electrons. The lowest BCUT2D eigenvalue weighted by Crippen LogP contribution is -1.81. The van der Waals surface area contributed by atoms with E-state index in [1.54, 1.807) is 0 Å². The summed E-state index contributed by atoms with van der Waals surface area (Å²) in [5.41, 5.74) is 0. The van der Waals surface area contributed by atoms with Crippen LogP contribution in [0, 0.1) is 0 Å². The SMILES string of the molecule is Cl/C1=C/CC/C(Cl)=C\CC1. The van der Waals surface area contributed by atoms with Crippen molar-refractivity contribution in [3.05, 3.63) is 22.2 Å². The summed E-state index contributed by atoms with van der Waals surface area (Å²) in [7, 11) is 0. The Balaban J connectivity index is 2.48. The zero-order valence-electron chi connectivity index (χ0n) is 5.74. The minimum atomic E-state index is 0.942. The molecular formula is C8H10Cl2. The van der Waals surface area contributed by atoms with Crippen LogP contribution in [0.5, 0.6) is 0 Å². The van der Waals surface area contributed by atoms with Crippen molar-refractivity contribution in [2.75, 3.05) is 0 Å². The molecule has 0 atom stereocenters. The van der Waals surface area contributed by atoms with Crippen molar-refractivity contribution in [1.82, 2.24) is 0 Å². The van der Waals surface area contributed by atoms with Gasteiger partial charge in [-0.1, -0.05) is 35.4 Å². The van der Waals surface area contributed by atoms with Gasteiger partial charge >= 0.3 is 0 Å². The summed E-state index contributed by atoms with van der Waals surface area (Å²) in [4.78, 5) is 0. The Kier molecular flexibility index (Phi) is 3.30. The van der Waals surface area contributed by atoms with Crippen molar-refractivity contribution in [3.8, 4) is 0 Å². The van der Waals surface area contributed by atoms with Gasteiger partial charge in [0.2, 0.25) is 0 Å². The lowest BCUT2D eigenvalue weighted by molar-refractivity contribution is 0.937. The topological polar surface area (TPSA) is 0 Å². The predicted molar refractivity (Wildman–Crippen MR) is 46.3 cm³/mol. The van der Waals surface area contributed by atoms with E-state index in [0.717, 1.165) is 35.7 Å². The van der Waals surface area contributed by atoms with E-state index in [1.807, 2.05) is 0 Å². The highest BCUT2D eigenvalue weighted by atomic mass is 35.5. The number of halogens is 2. The molecule has 0 bridgehead atoms. The summed E-state index contributed by atoms with van der Waals surface area (Å²) in [6.45, 7) is 0. The predicted octanol–water partition coefficient (Wildman–Crippen LogP) is 3.81. The van der Waals surface area contributed by atoms with Crippen LogP contribution in [-0.2, 0) is 0 Å². The van der Waals surface area contributed by atoms with Gasteiger partial charge in [-0.15, -0.1) is 0 Å². The normalized spacial score (nSPS) is 31.0. The maximum absolute atomic E-state index is 5.83. The Hall–Kier alpha value is 0.0600. The lowest BCUT2D eigenvalue weighted by atomic mass is 10.1. The van der Waals surface area contributed by atoms with Crippen molar-refractivity contribution in [1.29, 1.82) is 0 Å². The van der Waals surface area contributed by atoms with Gasteiger partial charge in [0.05, 0.1) is 0 Å². The van der Waals surface area contributed by atoms with Crippen LogP contribution in [0.3, 0.4) is 0 Å². The van der Waals surface area contributed by atoms with Crippen LogP contribution in [0.2, 0.25) is 0 Å². The largest absolute Gasteiger partial charge is 0.0895 e. The zero-order chi connectivity index (χ0) is 7.40. The lowest BCUT2D eigenvalue weighted by Gasteiger charge is -2.02. The van der Waals surface area contributed by atoms with E-state index in [4.69, 9.17) is 23.2 Å². The first-order chi connectivity index (χ1) is 4.79. The van der Waals surface area contributed by atoms with Crippen molar-refractivity contribution in [3.63, 3.8) is 0 Å². The number of hydrogen-bond acceptors (Lipinski definition) is 0. The minimum absolute atomic E-state index is 0.942. The standard InChI is InChI=1S/C8H10Cl2/c9-7-3-1-4-8(10)6-2-5-7/h3,6H,1-2,4-5H2/b7-3+,8-6+. The molecule has 1 rings (SSSR count). The van der Waals surface area contributed by atoms with Gasteiger partial charge in [0.1, 0.15) is 0 Å². The van der Waals surface area contributed by atoms with E-state index in [2.05, 4.69) is 12.2 Å². The fourth-order valence-corrected chi connectivity index (χ4v) is 1.37. The molecule has 0 saturated carbocycles. The summed E-state index contributed by atoms with van der Waals surface area (Å²) >= 11 is 11.7. The molecule has 0 aliphatic heterocycles. The van der Waals surface area contributed by atoms with Crippen LogP contribution in [0.15, 0.2) is 22.2 Å². The first kappa shape index (κ1) is 8.16. The Bertz CT molecular complexity index is 148. The van der Waals surface area contributed by atoms with E-state index in [0.29, 0.717) is 0 Å². The molecule has 0 saturated heterocycles. The average molecular weight is 177 g/mol. The van der Waals surface area contributed by atoms with Crippen LogP contribution in [0.4, 0.5) is 0 Å².